The zero-order chi connectivity index (χ0) is 13.4. The molecule has 0 fully saturated rings. The van der Waals surface area contributed by atoms with Crippen LogP contribution < -0.4 is 11.1 Å². The molecule has 4 nitrogen and oxygen atoms in total. The lowest BCUT2D eigenvalue weighted by Crippen LogP contribution is -2.27. The van der Waals surface area contributed by atoms with Gasteiger partial charge in [-0.05, 0) is 43.2 Å². The highest BCUT2D eigenvalue weighted by Gasteiger charge is 2.21. The molecule has 3 N–H and O–H groups in total. The van der Waals surface area contributed by atoms with E-state index in [1.807, 2.05) is 18.4 Å². The number of fused-ring (bicyclic) bond motifs is 1. The molecule has 0 unspecified atom stereocenters. The molecular weight excluding hydrogens is 278 g/mol. The lowest BCUT2D eigenvalue weighted by atomic mass is 9.99. The number of carbonyl (C=O) groups is 1. The molecule has 0 radical (unpaired) electrons. The van der Waals surface area contributed by atoms with Gasteiger partial charge >= 0.3 is 0 Å². The van der Waals surface area contributed by atoms with Gasteiger partial charge in [0.2, 0.25) is 0 Å². The van der Waals surface area contributed by atoms with E-state index in [2.05, 4.69) is 10.3 Å². The fraction of sp³-hybridized carbons (Fsp3) is 0.385. The minimum absolute atomic E-state index is 0.0668. The van der Waals surface area contributed by atoms with Crippen molar-refractivity contribution in [1.29, 1.82) is 0 Å². The summed E-state index contributed by atoms with van der Waals surface area (Å²) in [5, 5.41) is 5.51. The zero-order valence-electron chi connectivity index (χ0n) is 10.6. The van der Waals surface area contributed by atoms with Gasteiger partial charge < -0.3 is 5.73 Å². The Bertz CT molecular complexity index is 617. The van der Waals surface area contributed by atoms with Crippen molar-refractivity contribution >= 4 is 33.7 Å². The van der Waals surface area contributed by atoms with Crippen LogP contribution >= 0.6 is 22.7 Å². The third-order valence-electron chi connectivity index (χ3n) is 3.27. The van der Waals surface area contributed by atoms with Crippen LogP contribution in [0.5, 0.6) is 0 Å². The number of nitrogens with zero attached hydrogens (tertiary/aromatic N) is 1. The fourth-order valence-corrected chi connectivity index (χ4v) is 4.13. The number of thiophene rings is 1. The maximum absolute atomic E-state index is 12.1. The van der Waals surface area contributed by atoms with Gasteiger partial charge in [-0.2, -0.15) is 0 Å². The Balaban J connectivity index is 1.78. The van der Waals surface area contributed by atoms with Gasteiger partial charge in [0.1, 0.15) is 0 Å². The Morgan fingerprint density at radius 3 is 3.16 bits per heavy atom. The summed E-state index contributed by atoms with van der Waals surface area (Å²) in [6.45, 7) is 1.94. The quantitative estimate of drug-likeness (QED) is 0.894. The van der Waals surface area contributed by atoms with E-state index in [1.165, 1.54) is 16.2 Å². The summed E-state index contributed by atoms with van der Waals surface area (Å²) in [4.78, 5) is 18.6. The number of carbonyl (C=O) groups excluding carboxylic acids is 1. The van der Waals surface area contributed by atoms with Crippen LogP contribution in [-0.4, -0.2) is 16.9 Å². The number of amides is 1. The lowest BCUT2D eigenvalue weighted by Gasteiger charge is -2.15. The highest BCUT2D eigenvalue weighted by molar-refractivity contribution is 7.16. The molecule has 0 spiro atoms. The summed E-state index contributed by atoms with van der Waals surface area (Å²) in [6, 6.07) is 2.18. The van der Waals surface area contributed by atoms with Gasteiger partial charge in [-0.25, -0.2) is 4.98 Å². The second-order valence-corrected chi connectivity index (χ2v) is 6.78. The van der Waals surface area contributed by atoms with Gasteiger partial charge in [0.05, 0.1) is 10.6 Å². The SMILES string of the molecule is Cc1ccsc1C(=O)Nc1nc2c(s1)C[C@@H](N)CC2. The van der Waals surface area contributed by atoms with Crippen molar-refractivity contribution in [2.45, 2.75) is 32.2 Å². The number of nitrogens with one attached hydrogen (secondary N) is 1. The third kappa shape index (κ3) is 2.56. The smallest absolute Gasteiger partial charge is 0.267 e. The van der Waals surface area contributed by atoms with E-state index in [0.717, 1.165) is 35.4 Å². The molecular formula is C13H15N3OS2. The molecule has 0 aromatic carbocycles. The Morgan fingerprint density at radius 2 is 2.42 bits per heavy atom. The Morgan fingerprint density at radius 1 is 1.58 bits per heavy atom. The minimum Gasteiger partial charge on any atom is -0.327 e. The maximum atomic E-state index is 12.1. The van der Waals surface area contributed by atoms with Crippen molar-refractivity contribution in [1.82, 2.24) is 4.98 Å². The topological polar surface area (TPSA) is 68.0 Å². The average Bonchev–Trinajstić information content (AvgIpc) is 2.94. The van der Waals surface area contributed by atoms with Crippen LogP contribution in [0.25, 0.3) is 0 Å². The number of rotatable bonds is 2. The van der Waals surface area contributed by atoms with Crippen molar-refractivity contribution in [2.75, 3.05) is 5.32 Å². The monoisotopic (exact) mass is 293 g/mol. The van der Waals surface area contributed by atoms with Crippen LogP contribution in [0.1, 0.15) is 32.2 Å². The number of aromatic nitrogens is 1. The lowest BCUT2D eigenvalue weighted by molar-refractivity contribution is 0.103. The molecule has 2 aromatic heterocycles. The van der Waals surface area contributed by atoms with Crippen LogP contribution in [0.3, 0.4) is 0 Å². The van der Waals surface area contributed by atoms with E-state index in [9.17, 15) is 4.79 Å². The summed E-state index contributed by atoms with van der Waals surface area (Å²) < 4.78 is 0. The maximum Gasteiger partial charge on any atom is 0.267 e. The first kappa shape index (κ1) is 12.8. The standard InChI is InChI=1S/C13H15N3OS2/c1-7-4-5-18-11(7)12(17)16-13-15-9-3-2-8(14)6-10(9)19-13/h4-5,8H,2-3,6,14H2,1H3,(H,15,16,17)/t8-/m0/s1. The van der Waals surface area contributed by atoms with Crippen molar-refractivity contribution < 1.29 is 4.79 Å². The second-order valence-electron chi connectivity index (χ2n) is 4.78. The van der Waals surface area contributed by atoms with Gasteiger partial charge in [-0.1, -0.05) is 0 Å². The number of thiazole rings is 1. The average molecular weight is 293 g/mol. The van der Waals surface area contributed by atoms with Crippen LogP contribution in [0.15, 0.2) is 11.4 Å². The third-order valence-corrected chi connectivity index (χ3v) is 5.32. The van der Waals surface area contributed by atoms with Crippen molar-refractivity contribution in [3.8, 4) is 0 Å². The minimum atomic E-state index is -0.0668. The van der Waals surface area contributed by atoms with Gasteiger partial charge in [0.15, 0.2) is 5.13 Å². The largest absolute Gasteiger partial charge is 0.327 e. The number of hydrogen-bond donors (Lipinski definition) is 2. The summed E-state index contributed by atoms with van der Waals surface area (Å²) in [7, 11) is 0. The highest BCUT2D eigenvalue weighted by atomic mass is 32.1. The predicted octanol–water partition coefficient (Wildman–Crippen LogP) is 2.58. The zero-order valence-corrected chi connectivity index (χ0v) is 12.2. The molecule has 1 amide bonds. The van der Waals surface area contributed by atoms with Crippen molar-refractivity contribution in [3.05, 3.63) is 32.5 Å². The van der Waals surface area contributed by atoms with E-state index < -0.39 is 0 Å². The van der Waals surface area contributed by atoms with E-state index in [1.54, 1.807) is 11.3 Å². The summed E-state index contributed by atoms with van der Waals surface area (Å²) in [5.74, 6) is -0.0668. The number of anilines is 1. The fourth-order valence-electron chi connectivity index (χ4n) is 2.21. The Kier molecular flexibility index (Phi) is 3.38. The summed E-state index contributed by atoms with van der Waals surface area (Å²) >= 11 is 3.01. The number of nitrogens with two attached hydrogens (primary N) is 1. The molecule has 1 aliphatic carbocycles. The first-order valence-corrected chi connectivity index (χ1v) is 7.92. The molecule has 6 heteroatoms. The molecule has 0 bridgehead atoms. The van der Waals surface area contributed by atoms with Gasteiger partial charge in [0.25, 0.3) is 5.91 Å². The number of aryl methyl sites for hydroxylation is 2. The highest BCUT2D eigenvalue weighted by Crippen LogP contribution is 2.30. The summed E-state index contributed by atoms with van der Waals surface area (Å²) in [6.07, 6.45) is 2.77. The summed E-state index contributed by atoms with van der Waals surface area (Å²) in [5.41, 5.74) is 8.06. The van der Waals surface area contributed by atoms with Gasteiger partial charge in [-0.15, -0.1) is 22.7 Å². The molecule has 0 saturated heterocycles. The first-order valence-electron chi connectivity index (χ1n) is 6.23. The van der Waals surface area contributed by atoms with E-state index in [4.69, 9.17) is 5.73 Å². The predicted molar refractivity (Wildman–Crippen MR) is 79.1 cm³/mol. The normalized spacial score (nSPS) is 18.1. The van der Waals surface area contributed by atoms with Crippen LogP contribution in [0.2, 0.25) is 0 Å². The molecule has 1 aliphatic rings. The molecule has 3 rings (SSSR count). The van der Waals surface area contributed by atoms with Gasteiger partial charge in [-0.3, -0.25) is 10.1 Å². The second kappa shape index (κ2) is 5.03. The Labute approximate surface area is 119 Å². The molecule has 100 valence electrons. The number of hydrogen-bond acceptors (Lipinski definition) is 5. The van der Waals surface area contributed by atoms with Gasteiger partial charge in [0, 0.05) is 10.9 Å². The van der Waals surface area contributed by atoms with E-state index in [-0.39, 0.29) is 11.9 Å². The van der Waals surface area contributed by atoms with Crippen LogP contribution in [0, 0.1) is 6.92 Å². The molecule has 1 atom stereocenters. The van der Waals surface area contributed by atoms with Crippen LogP contribution in [-0.2, 0) is 12.8 Å². The Hall–Kier alpha value is -1.24. The molecule has 2 aromatic rings. The molecule has 19 heavy (non-hydrogen) atoms. The van der Waals surface area contributed by atoms with Crippen LogP contribution in [0.4, 0.5) is 5.13 Å². The van der Waals surface area contributed by atoms with Crippen molar-refractivity contribution in [3.63, 3.8) is 0 Å². The molecule has 2 heterocycles. The first-order chi connectivity index (χ1) is 9.13. The van der Waals surface area contributed by atoms with Crippen molar-refractivity contribution in [2.24, 2.45) is 5.73 Å². The van der Waals surface area contributed by atoms with E-state index in [0.29, 0.717) is 5.13 Å². The molecule has 0 saturated carbocycles. The van der Waals surface area contributed by atoms with E-state index >= 15 is 0 Å². The molecule has 0 aliphatic heterocycles.